The van der Waals surface area contributed by atoms with Crippen molar-refractivity contribution in [3.63, 3.8) is 0 Å². The number of rotatable bonds is 5. The number of nitrogens with zero attached hydrogens (tertiary/aromatic N) is 2. The van der Waals surface area contributed by atoms with Crippen LogP contribution in [0.25, 0.3) is 11.1 Å². The van der Waals surface area contributed by atoms with Gasteiger partial charge in [-0.05, 0) is 36.5 Å². The van der Waals surface area contributed by atoms with Gasteiger partial charge in [-0.2, -0.15) is 0 Å². The maximum Gasteiger partial charge on any atom is 0.269 e. The van der Waals surface area contributed by atoms with E-state index in [4.69, 9.17) is 0 Å². The van der Waals surface area contributed by atoms with Gasteiger partial charge in [0.2, 0.25) is 10.0 Å². The fourth-order valence-electron chi connectivity index (χ4n) is 4.18. The molecule has 1 aliphatic rings. The maximum absolute atomic E-state index is 12.8. The second-order valence-electron chi connectivity index (χ2n) is 7.75. The number of sulfonamides is 1. The van der Waals surface area contributed by atoms with Crippen molar-refractivity contribution < 1.29 is 8.42 Å². The minimum Gasteiger partial charge on any atom is -0.289 e. The van der Waals surface area contributed by atoms with Crippen molar-refractivity contribution in [2.45, 2.75) is 38.4 Å². The summed E-state index contributed by atoms with van der Waals surface area (Å²) in [4.78, 5) is 12.8. The molecule has 4 rings (SSSR count). The van der Waals surface area contributed by atoms with E-state index < -0.39 is 10.0 Å². The fourth-order valence-corrected chi connectivity index (χ4v) is 5.00. The zero-order valence-corrected chi connectivity index (χ0v) is 17.4. The van der Waals surface area contributed by atoms with E-state index in [1.807, 2.05) is 41.2 Å². The molecule has 0 fully saturated rings. The maximum atomic E-state index is 12.8. The lowest BCUT2D eigenvalue weighted by Gasteiger charge is -2.34. The highest BCUT2D eigenvalue weighted by Gasteiger charge is 2.33. The molecule has 2 heterocycles. The molecule has 1 aliphatic heterocycles. The first-order valence-electron chi connectivity index (χ1n) is 9.72. The predicted octanol–water partition coefficient (Wildman–Crippen LogP) is 2.73. The van der Waals surface area contributed by atoms with Crippen molar-refractivity contribution in [3.8, 4) is 11.1 Å². The number of aryl methyl sites for hydroxylation is 2. The van der Waals surface area contributed by atoms with Gasteiger partial charge in [-0.15, -0.1) is 0 Å². The summed E-state index contributed by atoms with van der Waals surface area (Å²) in [5, 5.41) is 0. The summed E-state index contributed by atoms with van der Waals surface area (Å²) in [7, 11) is -3.38. The Kier molecular flexibility index (Phi) is 5.19. The molecule has 29 heavy (non-hydrogen) atoms. The van der Waals surface area contributed by atoms with Crippen molar-refractivity contribution in [1.29, 1.82) is 0 Å². The van der Waals surface area contributed by atoms with Crippen LogP contribution in [0.15, 0.2) is 65.6 Å². The van der Waals surface area contributed by atoms with Crippen LogP contribution in [0.2, 0.25) is 0 Å². The SMILES string of the molecule is Cc1cn2n(c1=O)[C@@H](Cc1cccc(-c3ccccc3)c1)[C@@H](NS(C)(=O)=O)CC2. The van der Waals surface area contributed by atoms with Gasteiger partial charge < -0.3 is 0 Å². The van der Waals surface area contributed by atoms with Crippen LogP contribution < -0.4 is 10.3 Å². The van der Waals surface area contributed by atoms with Crippen LogP contribution in [0, 0.1) is 6.92 Å². The van der Waals surface area contributed by atoms with E-state index in [-0.39, 0.29) is 17.6 Å². The average molecular weight is 412 g/mol. The highest BCUT2D eigenvalue weighted by Crippen LogP contribution is 2.27. The molecular formula is C22H25N3O3S. The summed E-state index contributed by atoms with van der Waals surface area (Å²) >= 11 is 0. The molecule has 0 bridgehead atoms. The zero-order chi connectivity index (χ0) is 20.6. The summed E-state index contributed by atoms with van der Waals surface area (Å²) in [5.41, 5.74) is 3.91. The van der Waals surface area contributed by atoms with Crippen LogP contribution in [-0.4, -0.2) is 30.1 Å². The molecule has 0 aliphatic carbocycles. The summed E-state index contributed by atoms with van der Waals surface area (Å²) in [6, 6.07) is 17.7. The van der Waals surface area contributed by atoms with Crippen LogP contribution in [0.5, 0.6) is 0 Å². The fraction of sp³-hybridized carbons (Fsp3) is 0.318. The molecule has 1 N–H and O–H groups in total. The molecule has 7 heteroatoms. The quantitative estimate of drug-likeness (QED) is 0.702. The van der Waals surface area contributed by atoms with Crippen LogP contribution in [0.1, 0.15) is 23.6 Å². The molecule has 1 aromatic heterocycles. The Bertz CT molecular complexity index is 1180. The third kappa shape index (κ3) is 4.21. The molecule has 0 saturated heterocycles. The molecule has 0 saturated carbocycles. The number of fused-ring (bicyclic) bond motifs is 1. The zero-order valence-electron chi connectivity index (χ0n) is 16.6. The summed E-state index contributed by atoms with van der Waals surface area (Å²) in [5.74, 6) is 0. The van der Waals surface area contributed by atoms with Crippen molar-refractivity contribution in [2.75, 3.05) is 6.26 Å². The van der Waals surface area contributed by atoms with E-state index in [0.717, 1.165) is 16.7 Å². The standard InChI is InChI=1S/C22H25N3O3S/c1-16-15-24-12-11-20(23-29(2,27)28)21(25(24)22(16)26)14-17-7-6-10-19(13-17)18-8-4-3-5-9-18/h3-10,13,15,20-21,23H,11-12,14H2,1-2H3/t20-,21-/m0/s1. The molecule has 0 spiro atoms. The summed E-state index contributed by atoms with van der Waals surface area (Å²) in [6.07, 6.45) is 4.23. The van der Waals surface area contributed by atoms with Gasteiger partial charge in [0.25, 0.3) is 5.56 Å². The summed E-state index contributed by atoms with van der Waals surface area (Å²) in [6.45, 7) is 2.41. The van der Waals surface area contributed by atoms with Crippen molar-refractivity contribution >= 4 is 10.0 Å². The second-order valence-corrected chi connectivity index (χ2v) is 9.53. The van der Waals surface area contributed by atoms with E-state index >= 15 is 0 Å². The van der Waals surface area contributed by atoms with E-state index in [9.17, 15) is 13.2 Å². The Hall–Kier alpha value is -2.64. The second kappa shape index (κ2) is 7.65. The van der Waals surface area contributed by atoms with Crippen molar-refractivity contribution in [3.05, 3.63) is 82.3 Å². The van der Waals surface area contributed by atoms with Gasteiger partial charge in [-0.25, -0.2) is 17.8 Å². The number of hydrogen-bond acceptors (Lipinski definition) is 3. The van der Waals surface area contributed by atoms with Gasteiger partial charge in [-0.1, -0.05) is 54.6 Å². The van der Waals surface area contributed by atoms with E-state index in [2.05, 4.69) is 29.0 Å². The molecule has 6 nitrogen and oxygen atoms in total. The van der Waals surface area contributed by atoms with Crippen LogP contribution in [-0.2, 0) is 23.0 Å². The van der Waals surface area contributed by atoms with Gasteiger partial charge in [0.05, 0.1) is 12.3 Å². The van der Waals surface area contributed by atoms with Gasteiger partial charge in [0, 0.05) is 24.3 Å². The van der Waals surface area contributed by atoms with Gasteiger partial charge >= 0.3 is 0 Å². The predicted molar refractivity (Wildman–Crippen MR) is 114 cm³/mol. The third-order valence-electron chi connectivity index (χ3n) is 5.46. The minimum atomic E-state index is -3.38. The lowest BCUT2D eigenvalue weighted by molar-refractivity contribution is 0.228. The Morgan fingerprint density at radius 1 is 1.07 bits per heavy atom. The van der Waals surface area contributed by atoms with Gasteiger partial charge in [-0.3, -0.25) is 9.48 Å². The monoisotopic (exact) mass is 411 g/mol. The highest BCUT2D eigenvalue weighted by molar-refractivity contribution is 7.88. The van der Waals surface area contributed by atoms with Crippen LogP contribution in [0.4, 0.5) is 0 Å². The summed E-state index contributed by atoms with van der Waals surface area (Å²) < 4.78 is 30.3. The van der Waals surface area contributed by atoms with E-state index in [1.165, 1.54) is 6.26 Å². The molecule has 3 aromatic rings. The number of nitrogens with one attached hydrogen (secondary N) is 1. The van der Waals surface area contributed by atoms with E-state index in [1.54, 1.807) is 11.6 Å². The van der Waals surface area contributed by atoms with Crippen LogP contribution in [0.3, 0.4) is 0 Å². The molecule has 0 unspecified atom stereocenters. The average Bonchev–Trinajstić information content (AvgIpc) is 2.98. The van der Waals surface area contributed by atoms with Crippen molar-refractivity contribution in [2.24, 2.45) is 0 Å². The van der Waals surface area contributed by atoms with Gasteiger partial charge in [0.1, 0.15) is 0 Å². The largest absolute Gasteiger partial charge is 0.289 e. The molecule has 2 aromatic carbocycles. The molecule has 2 atom stereocenters. The molecule has 0 radical (unpaired) electrons. The lowest BCUT2D eigenvalue weighted by atomic mass is 9.94. The number of benzene rings is 2. The topological polar surface area (TPSA) is 73.1 Å². The van der Waals surface area contributed by atoms with Crippen LogP contribution >= 0.6 is 0 Å². The minimum absolute atomic E-state index is 0.0609. The molecule has 152 valence electrons. The first-order chi connectivity index (χ1) is 13.8. The third-order valence-corrected chi connectivity index (χ3v) is 6.19. The normalized spacial score (nSPS) is 19.1. The Labute approximate surface area is 170 Å². The van der Waals surface area contributed by atoms with Crippen molar-refractivity contribution in [1.82, 2.24) is 14.1 Å². The lowest BCUT2D eigenvalue weighted by Crippen LogP contribution is -2.49. The Morgan fingerprint density at radius 3 is 2.52 bits per heavy atom. The highest BCUT2D eigenvalue weighted by atomic mass is 32.2. The first kappa shape index (κ1) is 19.7. The Balaban J connectivity index is 1.72. The smallest absolute Gasteiger partial charge is 0.269 e. The van der Waals surface area contributed by atoms with Gasteiger partial charge in [0.15, 0.2) is 0 Å². The number of aromatic nitrogens is 2. The van der Waals surface area contributed by atoms with E-state index in [0.29, 0.717) is 24.9 Å². The number of hydrogen-bond donors (Lipinski definition) is 1. The molecule has 0 amide bonds. The Morgan fingerprint density at radius 2 is 1.79 bits per heavy atom. The molecular weight excluding hydrogens is 386 g/mol. The first-order valence-corrected chi connectivity index (χ1v) is 11.6.